The number of nitrogens with zero attached hydrogens (tertiary/aromatic N) is 2. The van der Waals surface area contributed by atoms with Crippen LogP contribution in [0.2, 0.25) is 0 Å². The Morgan fingerprint density at radius 3 is 2.23 bits per heavy atom. The highest BCUT2D eigenvalue weighted by molar-refractivity contribution is 9.10. The van der Waals surface area contributed by atoms with Crippen molar-refractivity contribution >= 4 is 27.7 Å². The first-order chi connectivity index (χ1) is 14.6. The van der Waals surface area contributed by atoms with Crippen molar-refractivity contribution in [1.82, 2.24) is 10.2 Å². The van der Waals surface area contributed by atoms with E-state index in [0.717, 1.165) is 21.5 Å². The van der Waals surface area contributed by atoms with Crippen LogP contribution in [0, 0.1) is 0 Å². The summed E-state index contributed by atoms with van der Waals surface area (Å²) in [5.41, 5.74) is 1.71. The lowest BCUT2D eigenvalue weighted by molar-refractivity contribution is 0.171. The van der Waals surface area contributed by atoms with Crippen LogP contribution in [-0.4, -0.2) is 44.7 Å². The first-order valence-corrected chi connectivity index (χ1v) is 10.8. The van der Waals surface area contributed by atoms with Gasteiger partial charge < -0.3 is 28.1 Å². The van der Waals surface area contributed by atoms with Crippen LogP contribution in [0.15, 0.2) is 38.4 Å². The third-order valence-corrected chi connectivity index (χ3v) is 5.99. The Labute approximate surface area is 185 Å². The van der Waals surface area contributed by atoms with E-state index in [1.807, 2.05) is 12.1 Å². The van der Waals surface area contributed by atoms with Crippen molar-refractivity contribution in [3.05, 3.63) is 34.3 Å². The zero-order chi connectivity index (χ0) is 21.1. The van der Waals surface area contributed by atoms with Gasteiger partial charge in [-0.05, 0) is 29.8 Å². The molecule has 0 amide bonds. The molecule has 0 unspecified atom stereocenters. The molecule has 0 saturated heterocycles. The Kier molecular flexibility index (Phi) is 6.24. The summed E-state index contributed by atoms with van der Waals surface area (Å²) in [7, 11) is 4.67. The summed E-state index contributed by atoms with van der Waals surface area (Å²) in [5.74, 6) is 3.99. The SMILES string of the molecule is COc1cc(-c2nnc(SCc3cc4c(cc3Br)OCCO4)o2)cc(OC)c1OC. The lowest BCUT2D eigenvalue weighted by atomic mass is 10.2. The van der Waals surface area contributed by atoms with Crippen LogP contribution in [0.3, 0.4) is 0 Å². The van der Waals surface area contributed by atoms with Crippen LogP contribution in [0.25, 0.3) is 11.5 Å². The Balaban J connectivity index is 1.53. The number of ether oxygens (including phenoxy) is 5. The quantitative estimate of drug-likeness (QED) is 0.437. The van der Waals surface area contributed by atoms with Crippen LogP contribution >= 0.6 is 27.7 Å². The van der Waals surface area contributed by atoms with Gasteiger partial charge in [-0.1, -0.05) is 27.7 Å². The summed E-state index contributed by atoms with van der Waals surface area (Å²) in [6, 6.07) is 7.41. The van der Waals surface area contributed by atoms with E-state index in [4.69, 9.17) is 28.1 Å². The largest absolute Gasteiger partial charge is 0.493 e. The maximum atomic E-state index is 5.83. The third-order valence-electron chi connectivity index (χ3n) is 4.38. The van der Waals surface area contributed by atoms with Crippen LogP contribution < -0.4 is 23.7 Å². The molecule has 0 atom stereocenters. The van der Waals surface area contributed by atoms with Crippen molar-refractivity contribution < 1.29 is 28.1 Å². The van der Waals surface area contributed by atoms with E-state index in [2.05, 4.69) is 26.1 Å². The van der Waals surface area contributed by atoms with Gasteiger partial charge in [-0.25, -0.2) is 0 Å². The van der Waals surface area contributed by atoms with Crippen LogP contribution in [-0.2, 0) is 5.75 Å². The second-order valence-electron chi connectivity index (χ2n) is 6.16. The normalized spacial score (nSPS) is 12.5. The fourth-order valence-corrected chi connectivity index (χ4v) is 4.35. The molecule has 0 aliphatic carbocycles. The number of methoxy groups -OCH3 is 3. The molecule has 4 rings (SSSR count). The number of hydrogen-bond acceptors (Lipinski definition) is 9. The van der Waals surface area contributed by atoms with Gasteiger partial charge in [0.25, 0.3) is 5.22 Å². The van der Waals surface area contributed by atoms with Crippen molar-refractivity contribution in [3.63, 3.8) is 0 Å². The number of aromatic nitrogens is 2. The van der Waals surface area contributed by atoms with E-state index in [1.54, 1.807) is 33.5 Å². The molecule has 1 aromatic heterocycles. The Bertz CT molecular complexity index is 1030. The minimum absolute atomic E-state index is 0.359. The second kappa shape index (κ2) is 9.05. The highest BCUT2D eigenvalue weighted by Crippen LogP contribution is 2.42. The fraction of sp³-hybridized carbons (Fsp3) is 0.300. The van der Waals surface area contributed by atoms with Crippen molar-refractivity contribution in [1.29, 1.82) is 0 Å². The first kappa shape index (κ1) is 20.7. The van der Waals surface area contributed by atoms with Crippen molar-refractivity contribution in [2.24, 2.45) is 0 Å². The van der Waals surface area contributed by atoms with E-state index in [0.29, 0.717) is 52.9 Å². The predicted octanol–water partition coefficient (Wildman–Crippen LogP) is 4.59. The van der Waals surface area contributed by atoms with Gasteiger partial charge in [-0.3, -0.25) is 0 Å². The number of benzene rings is 2. The number of rotatable bonds is 7. The molecule has 2 aromatic carbocycles. The van der Waals surface area contributed by atoms with E-state index in [9.17, 15) is 0 Å². The van der Waals surface area contributed by atoms with Crippen molar-refractivity contribution in [2.45, 2.75) is 11.0 Å². The predicted molar refractivity (Wildman–Crippen MR) is 114 cm³/mol. The highest BCUT2D eigenvalue weighted by Gasteiger charge is 2.19. The molecule has 8 nitrogen and oxygen atoms in total. The number of halogens is 1. The Morgan fingerprint density at radius 1 is 0.933 bits per heavy atom. The molecule has 2 heterocycles. The zero-order valence-electron chi connectivity index (χ0n) is 16.6. The van der Waals surface area contributed by atoms with E-state index >= 15 is 0 Å². The molecule has 1 aliphatic heterocycles. The first-order valence-electron chi connectivity index (χ1n) is 8.97. The van der Waals surface area contributed by atoms with Crippen LogP contribution in [0.1, 0.15) is 5.56 Å². The lowest BCUT2D eigenvalue weighted by Gasteiger charge is -2.19. The third kappa shape index (κ3) is 4.15. The average Bonchev–Trinajstić information content (AvgIpc) is 3.25. The van der Waals surface area contributed by atoms with Crippen molar-refractivity contribution in [2.75, 3.05) is 34.5 Å². The molecule has 158 valence electrons. The standard InChI is InChI=1S/C20H19BrN2O6S/c1-24-16-6-11(7-17(25-2)18(16)26-3)19-22-23-20(29-19)30-10-12-8-14-15(9-13(12)21)28-5-4-27-14/h6-9H,4-5,10H2,1-3H3. The second-order valence-corrected chi connectivity index (χ2v) is 7.94. The summed E-state index contributed by atoms with van der Waals surface area (Å²) in [4.78, 5) is 0. The van der Waals surface area contributed by atoms with Crippen LogP contribution in [0.5, 0.6) is 28.7 Å². The topological polar surface area (TPSA) is 85.1 Å². The van der Waals surface area contributed by atoms with E-state index in [1.165, 1.54) is 11.8 Å². The summed E-state index contributed by atoms with van der Waals surface area (Å²) in [6.07, 6.45) is 0. The summed E-state index contributed by atoms with van der Waals surface area (Å²) < 4.78 is 34.1. The minimum Gasteiger partial charge on any atom is -0.493 e. The molecule has 0 bridgehead atoms. The van der Waals surface area contributed by atoms with Gasteiger partial charge in [0, 0.05) is 15.8 Å². The van der Waals surface area contributed by atoms with Gasteiger partial charge in [-0.15, -0.1) is 10.2 Å². The molecular weight excluding hydrogens is 476 g/mol. The number of thioether (sulfide) groups is 1. The summed E-state index contributed by atoms with van der Waals surface area (Å²) in [5, 5.41) is 8.74. The molecule has 3 aromatic rings. The van der Waals surface area contributed by atoms with Gasteiger partial charge in [0.05, 0.1) is 21.3 Å². The van der Waals surface area contributed by atoms with Gasteiger partial charge >= 0.3 is 0 Å². The molecule has 0 saturated carbocycles. The smallest absolute Gasteiger partial charge is 0.277 e. The molecule has 0 radical (unpaired) electrons. The molecule has 0 spiro atoms. The Morgan fingerprint density at radius 2 is 1.60 bits per heavy atom. The van der Waals surface area contributed by atoms with Gasteiger partial charge in [0.15, 0.2) is 23.0 Å². The number of fused-ring (bicyclic) bond motifs is 1. The fourth-order valence-electron chi connectivity index (χ4n) is 2.95. The van der Waals surface area contributed by atoms with Gasteiger partial charge in [0.1, 0.15) is 13.2 Å². The maximum absolute atomic E-state index is 5.83. The number of hydrogen-bond donors (Lipinski definition) is 0. The monoisotopic (exact) mass is 494 g/mol. The van der Waals surface area contributed by atoms with Gasteiger partial charge in [-0.2, -0.15) is 0 Å². The molecule has 10 heteroatoms. The van der Waals surface area contributed by atoms with E-state index in [-0.39, 0.29) is 0 Å². The minimum atomic E-state index is 0.359. The molecule has 0 fully saturated rings. The van der Waals surface area contributed by atoms with Crippen molar-refractivity contribution in [3.8, 4) is 40.2 Å². The summed E-state index contributed by atoms with van der Waals surface area (Å²) in [6.45, 7) is 1.10. The maximum Gasteiger partial charge on any atom is 0.277 e. The Hall–Kier alpha value is -2.59. The molecule has 30 heavy (non-hydrogen) atoms. The van der Waals surface area contributed by atoms with E-state index < -0.39 is 0 Å². The molecular formula is C20H19BrN2O6S. The zero-order valence-corrected chi connectivity index (χ0v) is 19.0. The van der Waals surface area contributed by atoms with Crippen LogP contribution in [0.4, 0.5) is 0 Å². The molecule has 1 aliphatic rings. The molecule has 0 N–H and O–H groups in total. The summed E-state index contributed by atoms with van der Waals surface area (Å²) >= 11 is 5.01. The average molecular weight is 495 g/mol. The lowest BCUT2D eigenvalue weighted by Crippen LogP contribution is -2.15. The highest BCUT2D eigenvalue weighted by atomic mass is 79.9. The van der Waals surface area contributed by atoms with Gasteiger partial charge in [0.2, 0.25) is 11.6 Å².